The molecule has 1 aromatic rings. The first kappa shape index (κ1) is 15.5. The van der Waals surface area contributed by atoms with Gasteiger partial charge in [-0.05, 0) is 5.56 Å². The van der Waals surface area contributed by atoms with Gasteiger partial charge in [0.2, 0.25) is 6.29 Å². The van der Waals surface area contributed by atoms with Crippen molar-refractivity contribution >= 4 is 0 Å². The molecule has 0 radical (unpaired) electrons. The van der Waals surface area contributed by atoms with Crippen LogP contribution in [0.3, 0.4) is 0 Å². The number of methoxy groups -OCH3 is 1. The Bertz CT molecular complexity index is 352. The van der Waals surface area contributed by atoms with Crippen LogP contribution >= 0.6 is 0 Å². The maximum Gasteiger partial charge on any atom is 0.201 e. The normalized spacial score (nSPS) is 14.4. The minimum absolute atomic E-state index is 0.126. The lowest BCUT2D eigenvalue weighted by atomic mass is 10.2. The monoisotopic (exact) mass is 268 g/mol. The molecule has 0 spiro atoms. The van der Waals surface area contributed by atoms with E-state index in [4.69, 9.17) is 19.3 Å². The summed E-state index contributed by atoms with van der Waals surface area (Å²) in [5.41, 5.74) is 1.03. The summed E-state index contributed by atoms with van der Waals surface area (Å²) in [4.78, 5) is 0. The fourth-order valence-electron chi connectivity index (χ4n) is 1.53. The summed E-state index contributed by atoms with van der Waals surface area (Å²) in [6.07, 6.45) is 1.31. The molecule has 0 aliphatic rings. The second-order valence-electron chi connectivity index (χ2n) is 3.92. The van der Waals surface area contributed by atoms with Gasteiger partial charge in [-0.25, -0.2) is 0 Å². The van der Waals surface area contributed by atoms with Gasteiger partial charge in [-0.3, -0.25) is 0 Å². The Morgan fingerprint density at radius 1 is 1.26 bits per heavy atom. The summed E-state index contributed by atoms with van der Waals surface area (Å²) in [6, 6.07) is 9.70. The molecule has 0 saturated heterocycles. The van der Waals surface area contributed by atoms with Crippen molar-refractivity contribution < 1.29 is 24.4 Å². The second kappa shape index (κ2) is 9.38. The fourth-order valence-corrected chi connectivity index (χ4v) is 1.53. The van der Waals surface area contributed by atoms with Gasteiger partial charge in [0.15, 0.2) is 0 Å². The molecule has 2 atom stereocenters. The molecule has 19 heavy (non-hydrogen) atoms. The molecule has 1 aromatic carbocycles. The highest BCUT2D eigenvalue weighted by Gasteiger charge is 2.16. The molecule has 0 saturated carbocycles. The maximum atomic E-state index is 9.27. The fraction of sp³-hybridized carbons (Fsp3) is 0.429. The Balaban J connectivity index is 2.39. The first-order chi connectivity index (χ1) is 9.30. The molecule has 0 amide bonds. The molecule has 0 aliphatic heterocycles. The zero-order valence-electron chi connectivity index (χ0n) is 10.9. The van der Waals surface area contributed by atoms with Crippen LogP contribution in [0.5, 0.6) is 0 Å². The van der Waals surface area contributed by atoms with E-state index in [0.29, 0.717) is 13.0 Å². The van der Waals surface area contributed by atoms with Crippen molar-refractivity contribution in [3.63, 3.8) is 0 Å². The minimum atomic E-state index is -0.573. The Labute approximate surface area is 113 Å². The molecule has 0 unspecified atom stereocenters. The molecule has 1 rings (SSSR count). The van der Waals surface area contributed by atoms with Crippen LogP contribution in [0.15, 0.2) is 42.9 Å². The van der Waals surface area contributed by atoms with E-state index in [-0.39, 0.29) is 6.61 Å². The lowest BCUT2D eigenvalue weighted by Gasteiger charge is -2.21. The summed E-state index contributed by atoms with van der Waals surface area (Å²) < 4.78 is 15.7. The van der Waals surface area contributed by atoms with Crippen molar-refractivity contribution in [3.8, 4) is 0 Å². The van der Waals surface area contributed by atoms with Crippen molar-refractivity contribution in [2.75, 3.05) is 13.7 Å². The molecule has 0 fully saturated rings. The van der Waals surface area contributed by atoms with Crippen LogP contribution in [0.1, 0.15) is 12.0 Å². The first-order valence-electron chi connectivity index (χ1n) is 6.04. The molecule has 0 heterocycles. The van der Waals surface area contributed by atoms with E-state index in [9.17, 15) is 5.11 Å². The summed E-state index contributed by atoms with van der Waals surface area (Å²) in [5, 5.41) is 17.8. The molecule has 5 heteroatoms. The summed E-state index contributed by atoms with van der Waals surface area (Å²) in [7, 11) is 1.49. The van der Waals surface area contributed by atoms with Gasteiger partial charge in [0.1, 0.15) is 12.5 Å². The standard InChI is InChI=1S/C14H20O5/c1-17-14(18-8-7-15)9-13(10-16)19-11-12-5-3-2-4-6-12/h2-8,13-16H,9-11H2,1H3/b8-7-/t13-,14-/m0/s1. The predicted molar refractivity (Wildman–Crippen MR) is 70.4 cm³/mol. The van der Waals surface area contributed by atoms with E-state index in [1.807, 2.05) is 30.3 Å². The molecule has 0 aliphatic carbocycles. The number of hydrogen-bond acceptors (Lipinski definition) is 5. The number of aliphatic hydroxyl groups is 2. The summed E-state index contributed by atoms with van der Waals surface area (Å²) in [5.74, 6) is 0. The highest BCUT2D eigenvalue weighted by atomic mass is 16.7. The number of hydrogen-bond donors (Lipinski definition) is 2. The van der Waals surface area contributed by atoms with Crippen LogP contribution in [0, 0.1) is 0 Å². The van der Waals surface area contributed by atoms with Crippen LogP contribution in [0.25, 0.3) is 0 Å². The highest BCUT2D eigenvalue weighted by Crippen LogP contribution is 2.10. The van der Waals surface area contributed by atoms with Gasteiger partial charge in [-0.15, -0.1) is 0 Å². The SMILES string of the molecule is CO[C@H](C[C@@H](CO)OCc1ccccc1)O/C=C\O. The van der Waals surface area contributed by atoms with Crippen LogP contribution in [-0.2, 0) is 20.8 Å². The quantitative estimate of drug-likeness (QED) is 0.529. The lowest BCUT2D eigenvalue weighted by molar-refractivity contribution is -0.124. The van der Waals surface area contributed by atoms with E-state index in [1.165, 1.54) is 7.11 Å². The van der Waals surface area contributed by atoms with Gasteiger partial charge in [0.25, 0.3) is 0 Å². The molecular formula is C14H20O5. The van der Waals surface area contributed by atoms with Crippen molar-refractivity contribution in [3.05, 3.63) is 48.4 Å². The largest absolute Gasteiger partial charge is 0.512 e. The zero-order chi connectivity index (χ0) is 13.9. The van der Waals surface area contributed by atoms with Gasteiger partial charge in [-0.1, -0.05) is 30.3 Å². The van der Waals surface area contributed by atoms with Crippen molar-refractivity contribution in [1.82, 2.24) is 0 Å². The maximum absolute atomic E-state index is 9.27. The second-order valence-corrected chi connectivity index (χ2v) is 3.92. The Morgan fingerprint density at radius 3 is 2.58 bits per heavy atom. The Morgan fingerprint density at radius 2 is 2.00 bits per heavy atom. The van der Waals surface area contributed by atoms with E-state index in [2.05, 4.69) is 0 Å². The first-order valence-corrected chi connectivity index (χ1v) is 6.04. The summed E-state index contributed by atoms with van der Waals surface area (Å²) >= 11 is 0. The molecule has 5 nitrogen and oxygen atoms in total. The molecular weight excluding hydrogens is 248 g/mol. The predicted octanol–water partition coefficient (Wildman–Crippen LogP) is 1.97. The topological polar surface area (TPSA) is 68.2 Å². The molecule has 106 valence electrons. The minimum Gasteiger partial charge on any atom is -0.512 e. The van der Waals surface area contributed by atoms with Crippen molar-refractivity contribution in [2.24, 2.45) is 0 Å². The van der Waals surface area contributed by atoms with Crippen molar-refractivity contribution in [2.45, 2.75) is 25.4 Å². The average molecular weight is 268 g/mol. The number of rotatable bonds is 9. The smallest absolute Gasteiger partial charge is 0.201 e. The van der Waals surface area contributed by atoms with E-state index < -0.39 is 12.4 Å². The third-order valence-corrected chi connectivity index (χ3v) is 2.54. The van der Waals surface area contributed by atoms with Gasteiger partial charge in [0, 0.05) is 13.5 Å². The Hall–Kier alpha value is -1.56. The van der Waals surface area contributed by atoms with Gasteiger partial charge in [0.05, 0.1) is 19.3 Å². The molecule has 0 bridgehead atoms. The molecule has 2 N–H and O–H groups in total. The third kappa shape index (κ3) is 6.24. The zero-order valence-corrected chi connectivity index (χ0v) is 10.9. The number of ether oxygens (including phenoxy) is 3. The highest BCUT2D eigenvalue weighted by molar-refractivity contribution is 5.13. The van der Waals surface area contributed by atoms with E-state index in [0.717, 1.165) is 18.1 Å². The average Bonchev–Trinajstić information content (AvgIpc) is 2.47. The summed E-state index contributed by atoms with van der Waals surface area (Å²) in [6.45, 7) is 0.289. The molecule has 0 aromatic heterocycles. The number of aliphatic hydroxyl groups excluding tert-OH is 2. The van der Waals surface area contributed by atoms with Crippen LogP contribution in [-0.4, -0.2) is 36.3 Å². The van der Waals surface area contributed by atoms with Gasteiger partial charge < -0.3 is 24.4 Å². The van der Waals surface area contributed by atoms with Gasteiger partial charge >= 0.3 is 0 Å². The van der Waals surface area contributed by atoms with Crippen molar-refractivity contribution in [1.29, 1.82) is 0 Å². The van der Waals surface area contributed by atoms with Crippen LogP contribution in [0.2, 0.25) is 0 Å². The van der Waals surface area contributed by atoms with Crippen LogP contribution < -0.4 is 0 Å². The van der Waals surface area contributed by atoms with E-state index >= 15 is 0 Å². The van der Waals surface area contributed by atoms with E-state index in [1.54, 1.807) is 0 Å². The number of benzene rings is 1. The lowest BCUT2D eigenvalue weighted by Crippen LogP contribution is -2.26. The third-order valence-electron chi connectivity index (χ3n) is 2.54. The Kier molecular flexibility index (Phi) is 7.65. The van der Waals surface area contributed by atoms with Crippen LogP contribution in [0.4, 0.5) is 0 Å². The van der Waals surface area contributed by atoms with Gasteiger partial charge in [-0.2, -0.15) is 0 Å².